The highest BCUT2D eigenvalue weighted by atomic mass is 79.9. The second kappa shape index (κ2) is 5.82. The van der Waals surface area contributed by atoms with Gasteiger partial charge in [-0.3, -0.25) is 0 Å². The molecule has 4 nitrogen and oxygen atoms in total. The first kappa shape index (κ1) is 12.8. The first-order valence-electron chi connectivity index (χ1n) is 5.80. The Morgan fingerprint density at radius 2 is 2.18 bits per heavy atom. The molecule has 17 heavy (non-hydrogen) atoms. The van der Waals surface area contributed by atoms with Gasteiger partial charge in [0.05, 0.1) is 6.61 Å². The van der Waals surface area contributed by atoms with Crippen molar-refractivity contribution in [1.82, 2.24) is 4.98 Å². The van der Waals surface area contributed by atoms with Gasteiger partial charge in [0.1, 0.15) is 5.00 Å². The Morgan fingerprint density at radius 1 is 1.47 bits per heavy atom. The number of rotatable bonds is 3. The van der Waals surface area contributed by atoms with E-state index in [0.717, 1.165) is 22.0 Å². The molecule has 1 fully saturated rings. The molecule has 94 valence electrons. The van der Waals surface area contributed by atoms with Crippen molar-refractivity contribution in [2.75, 3.05) is 24.6 Å². The SMILES string of the molecule is CCOC(=O)c1nc(Br)sc1N1CCCCC1. The fraction of sp³-hybridized carbons (Fsp3) is 0.636. The maximum Gasteiger partial charge on any atom is 0.360 e. The van der Waals surface area contributed by atoms with E-state index in [1.165, 1.54) is 30.6 Å². The maximum absolute atomic E-state index is 11.8. The van der Waals surface area contributed by atoms with Crippen LogP contribution in [-0.2, 0) is 4.74 Å². The van der Waals surface area contributed by atoms with Crippen LogP contribution in [-0.4, -0.2) is 30.6 Å². The Balaban J connectivity index is 2.22. The summed E-state index contributed by atoms with van der Waals surface area (Å²) in [4.78, 5) is 18.3. The van der Waals surface area contributed by atoms with Crippen LogP contribution in [0.3, 0.4) is 0 Å². The number of aromatic nitrogens is 1. The Kier molecular flexibility index (Phi) is 4.39. The molecule has 0 spiro atoms. The first-order valence-corrected chi connectivity index (χ1v) is 7.41. The molecular formula is C11H15BrN2O2S. The van der Waals surface area contributed by atoms with Gasteiger partial charge < -0.3 is 9.64 Å². The molecule has 0 N–H and O–H groups in total. The largest absolute Gasteiger partial charge is 0.461 e. The average Bonchev–Trinajstić information content (AvgIpc) is 2.73. The third-order valence-electron chi connectivity index (χ3n) is 2.70. The van der Waals surface area contributed by atoms with Crippen LogP contribution in [0.25, 0.3) is 0 Å². The number of hydrogen-bond donors (Lipinski definition) is 0. The summed E-state index contributed by atoms with van der Waals surface area (Å²) in [6.45, 7) is 4.19. The van der Waals surface area contributed by atoms with E-state index in [1.54, 1.807) is 6.92 Å². The molecule has 1 aromatic heterocycles. The molecule has 2 heterocycles. The molecule has 1 aromatic rings. The lowest BCUT2D eigenvalue weighted by molar-refractivity contribution is 0.0521. The van der Waals surface area contributed by atoms with Gasteiger partial charge >= 0.3 is 5.97 Å². The summed E-state index contributed by atoms with van der Waals surface area (Å²) in [5.41, 5.74) is 0.450. The standard InChI is InChI=1S/C11H15BrN2O2S/c1-2-16-10(15)8-9(17-11(12)13-8)14-6-4-3-5-7-14/h2-7H2,1H3. The molecule has 0 aliphatic carbocycles. The van der Waals surface area contributed by atoms with Gasteiger partial charge in [-0.1, -0.05) is 11.3 Å². The predicted molar refractivity (Wildman–Crippen MR) is 71.8 cm³/mol. The number of hydrogen-bond acceptors (Lipinski definition) is 5. The van der Waals surface area contributed by atoms with E-state index in [1.807, 2.05) is 0 Å². The number of carbonyl (C=O) groups is 1. The van der Waals surface area contributed by atoms with Crippen LogP contribution < -0.4 is 4.90 Å². The summed E-state index contributed by atoms with van der Waals surface area (Å²) in [7, 11) is 0. The van der Waals surface area contributed by atoms with Crippen LogP contribution in [0.2, 0.25) is 0 Å². The van der Waals surface area contributed by atoms with Gasteiger partial charge in [-0.05, 0) is 42.1 Å². The maximum atomic E-state index is 11.8. The fourth-order valence-electron chi connectivity index (χ4n) is 1.93. The van der Waals surface area contributed by atoms with Gasteiger partial charge in [0.25, 0.3) is 0 Å². The highest BCUT2D eigenvalue weighted by molar-refractivity contribution is 9.11. The van der Waals surface area contributed by atoms with Crippen molar-refractivity contribution < 1.29 is 9.53 Å². The lowest BCUT2D eigenvalue weighted by Crippen LogP contribution is -2.30. The summed E-state index contributed by atoms with van der Waals surface area (Å²) in [5.74, 6) is -0.324. The van der Waals surface area contributed by atoms with Gasteiger partial charge in [0.15, 0.2) is 9.61 Å². The molecule has 0 amide bonds. The summed E-state index contributed by atoms with van der Waals surface area (Å²) in [6.07, 6.45) is 3.63. The second-order valence-electron chi connectivity index (χ2n) is 3.89. The molecule has 1 saturated heterocycles. The molecule has 0 aromatic carbocycles. The van der Waals surface area contributed by atoms with Gasteiger partial charge in [-0.2, -0.15) is 0 Å². The van der Waals surface area contributed by atoms with E-state index in [0.29, 0.717) is 12.3 Å². The van der Waals surface area contributed by atoms with Crippen LogP contribution >= 0.6 is 27.3 Å². The summed E-state index contributed by atoms with van der Waals surface area (Å²) < 4.78 is 5.77. The first-order chi connectivity index (χ1) is 8.22. The molecule has 1 aliphatic rings. The molecule has 1 aliphatic heterocycles. The highest BCUT2D eigenvalue weighted by Crippen LogP contribution is 2.33. The molecule has 0 atom stereocenters. The fourth-order valence-corrected chi connectivity index (χ4v) is 3.40. The van der Waals surface area contributed by atoms with E-state index in [2.05, 4.69) is 25.8 Å². The zero-order chi connectivity index (χ0) is 12.3. The zero-order valence-corrected chi connectivity index (χ0v) is 12.1. The second-order valence-corrected chi connectivity index (χ2v) is 6.14. The van der Waals surface area contributed by atoms with E-state index < -0.39 is 0 Å². The molecule has 0 saturated carbocycles. The van der Waals surface area contributed by atoms with Crippen molar-refractivity contribution in [2.24, 2.45) is 0 Å². The lowest BCUT2D eigenvalue weighted by Gasteiger charge is -2.27. The van der Waals surface area contributed by atoms with Crippen LogP contribution in [0.15, 0.2) is 3.92 Å². The predicted octanol–water partition coefficient (Wildman–Crippen LogP) is 3.07. The molecule has 6 heteroatoms. The Morgan fingerprint density at radius 3 is 2.82 bits per heavy atom. The molecule has 0 radical (unpaired) electrons. The smallest absolute Gasteiger partial charge is 0.360 e. The van der Waals surface area contributed by atoms with Crippen LogP contribution in [0.4, 0.5) is 5.00 Å². The molecule has 0 bridgehead atoms. The third-order valence-corrected chi connectivity index (χ3v) is 4.26. The number of halogens is 1. The van der Waals surface area contributed by atoms with Crippen molar-refractivity contribution in [3.8, 4) is 0 Å². The van der Waals surface area contributed by atoms with E-state index in [9.17, 15) is 4.79 Å². The van der Waals surface area contributed by atoms with E-state index in [-0.39, 0.29) is 5.97 Å². The van der Waals surface area contributed by atoms with Gasteiger partial charge in [0, 0.05) is 13.1 Å². The average molecular weight is 319 g/mol. The summed E-state index contributed by atoms with van der Waals surface area (Å²) in [6, 6.07) is 0. The van der Waals surface area contributed by atoms with Crippen LogP contribution in [0, 0.1) is 0 Å². The minimum absolute atomic E-state index is 0.324. The number of piperidine rings is 1. The number of anilines is 1. The van der Waals surface area contributed by atoms with Crippen molar-refractivity contribution in [1.29, 1.82) is 0 Å². The third kappa shape index (κ3) is 2.98. The van der Waals surface area contributed by atoms with Gasteiger partial charge in [-0.15, -0.1) is 0 Å². The Hall–Kier alpha value is -0.620. The normalized spacial score (nSPS) is 16.0. The Labute approximate surface area is 113 Å². The molecule has 0 unspecified atom stereocenters. The zero-order valence-electron chi connectivity index (χ0n) is 9.74. The van der Waals surface area contributed by atoms with Crippen molar-refractivity contribution in [3.63, 3.8) is 0 Å². The van der Waals surface area contributed by atoms with Crippen molar-refractivity contribution >= 4 is 38.2 Å². The molecule has 2 rings (SSSR count). The quantitative estimate of drug-likeness (QED) is 0.803. The Bertz CT molecular complexity index is 402. The number of nitrogens with zero attached hydrogens (tertiary/aromatic N) is 2. The van der Waals surface area contributed by atoms with Crippen LogP contribution in [0.1, 0.15) is 36.7 Å². The number of carbonyl (C=O) groups excluding carboxylic acids is 1. The number of thiazole rings is 1. The van der Waals surface area contributed by atoms with Gasteiger partial charge in [-0.25, -0.2) is 9.78 Å². The van der Waals surface area contributed by atoms with Crippen molar-refractivity contribution in [2.45, 2.75) is 26.2 Å². The van der Waals surface area contributed by atoms with E-state index in [4.69, 9.17) is 4.74 Å². The number of esters is 1. The van der Waals surface area contributed by atoms with Crippen LogP contribution in [0.5, 0.6) is 0 Å². The van der Waals surface area contributed by atoms with Crippen molar-refractivity contribution in [3.05, 3.63) is 9.61 Å². The summed E-state index contributed by atoms with van der Waals surface area (Å²) in [5, 5.41) is 0.940. The minimum Gasteiger partial charge on any atom is -0.461 e. The minimum atomic E-state index is -0.324. The topological polar surface area (TPSA) is 42.4 Å². The molecular weight excluding hydrogens is 304 g/mol. The van der Waals surface area contributed by atoms with E-state index >= 15 is 0 Å². The lowest BCUT2D eigenvalue weighted by atomic mass is 10.1. The van der Waals surface area contributed by atoms with Gasteiger partial charge in [0.2, 0.25) is 0 Å². The number of ether oxygens (including phenoxy) is 1. The highest BCUT2D eigenvalue weighted by Gasteiger charge is 2.24. The monoisotopic (exact) mass is 318 g/mol. The summed E-state index contributed by atoms with van der Waals surface area (Å²) >= 11 is 4.85.